The Morgan fingerprint density at radius 2 is 1.81 bits per heavy atom. The number of benzene rings is 2. The van der Waals surface area contributed by atoms with Gasteiger partial charge in [-0.3, -0.25) is 13.8 Å². The third kappa shape index (κ3) is 2.55. The van der Waals surface area contributed by atoms with Gasteiger partial charge in [0, 0.05) is 10.9 Å². The van der Waals surface area contributed by atoms with Gasteiger partial charge in [-0.1, -0.05) is 24.3 Å². The quantitative estimate of drug-likeness (QED) is 0.479. The molecule has 5 nitrogen and oxygen atoms in total. The number of hydrogen-bond donors (Lipinski definition) is 0. The van der Waals surface area contributed by atoms with Crippen LogP contribution in [0.25, 0.3) is 28.1 Å². The minimum absolute atomic E-state index is 0.147. The van der Waals surface area contributed by atoms with Gasteiger partial charge in [0.05, 0.1) is 17.4 Å². The van der Waals surface area contributed by atoms with Crippen molar-refractivity contribution in [3.63, 3.8) is 0 Å². The number of halogens is 1. The highest BCUT2D eigenvalue weighted by atomic mass is 32.1. The Balaban J connectivity index is 1.83. The largest absolute Gasteiger partial charge is 0.272 e. The molecule has 0 spiro atoms. The maximum Gasteiger partial charge on any atom is 0.263 e. The van der Waals surface area contributed by atoms with Crippen molar-refractivity contribution in [3.05, 3.63) is 87.1 Å². The summed E-state index contributed by atoms with van der Waals surface area (Å²) in [5.74, 6) is 0.844. The summed E-state index contributed by atoms with van der Waals surface area (Å²) < 4.78 is 16.7. The highest BCUT2D eigenvalue weighted by Crippen LogP contribution is 2.24. The van der Waals surface area contributed by atoms with E-state index in [1.807, 2.05) is 39.4 Å². The van der Waals surface area contributed by atoms with E-state index in [0.717, 1.165) is 16.6 Å². The molecule has 0 aliphatic rings. The summed E-state index contributed by atoms with van der Waals surface area (Å²) in [6, 6.07) is 15.5. The van der Waals surface area contributed by atoms with Gasteiger partial charge in [0.2, 0.25) is 5.78 Å². The highest BCUT2D eigenvalue weighted by Gasteiger charge is 2.17. The Labute approximate surface area is 157 Å². The topological polar surface area (TPSA) is 52.2 Å². The minimum Gasteiger partial charge on any atom is -0.272 e. The molecule has 2 aromatic carbocycles. The van der Waals surface area contributed by atoms with Gasteiger partial charge in [-0.15, -0.1) is 10.2 Å². The van der Waals surface area contributed by atoms with Crippen LogP contribution in [0.2, 0.25) is 0 Å². The Morgan fingerprint density at radius 3 is 2.59 bits per heavy atom. The first-order valence-corrected chi connectivity index (χ1v) is 9.30. The highest BCUT2D eigenvalue weighted by molar-refractivity contribution is 7.08. The van der Waals surface area contributed by atoms with Crippen LogP contribution in [0.3, 0.4) is 0 Å². The van der Waals surface area contributed by atoms with Crippen LogP contribution in [0.1, 0.15) is 5.56 Å². The minimum atomic E-state index is -0.308. The van der Waals surface area contributed by atoms with Crippen molar-refractivity contribution in [2.24, 2.45) is 0 Å². The molecule has 5 aromatic rings. The standard InChI is InChI=1S/C20H13FN4OS/c21-15-7-5-13(6-8-15)11-24-19(26)16-3-1-2-4-17(16)25-18(22-23-20(24)25)14-9-10-27-12-14/h1-10,12H,11H2. The van der Waals surface area contributed by atoms with E-state index in [1.165, 1.54) is 12.1 Å². The van der Waals surface area contributed by atoms with E-state index in [9.17, 15) is 9.18 Å². The summed E-state index contributed by atoms with van der Waals surface area (Å²) in [5.41, 5.74) is 2.38. The van der Waals surface area contributed by atoms with E-state index < -0.39 is 0 Å². The van der Waals surface area contributed by atoms with Gasteiger partial charge in [-0.05, 0) is 41.3 Å². The fourth-order valence-electron chi connectivity index (χ4n) is 3.25. The maximum atomic E-state index is 13.2. The van der Waals surface area contributed by atoms with Crippen LogP contribution >= 0.6 is 11.3 Å². The van der Waals surface area contributed by atoms with Crippen molar-refractivity contribution in [1.82, 2.24) is 19.2 Å². The molecule has 0 unspecified atom stereocenters. The van der Waals surface area contributed by atoms with Gasteiger partial charge >= 0.3 is 0 Å². The molecule has 7 heteroatoms. The number of thiophene rings is 1. The molecule has 0 saturated carbocycles. The second kappa shape index (κ2) is 6.14. The number of nitrogens with zero attached hydrogens (tertiary/aromatic N) is 4. The molecular weight excluding hydrogens is 363 g/mol. The SMILES string of the molecule is O=c1c2ccccc2n2c(-c3ccsc3)nnc2n1Cc1ccc(F)cc1. The summed E-state index contributed by atoms with van der Waals surface area (Å²) in [6.07, 6.45) is 0. The van der Waals surface area contributed by atoms with Gasteiger partial charge in [-0.25, -0.2) is 4.39 Å². The lowest BCUT2D eigenvalue weighted by Crippen LogP contribution is -2.24. The van der Waals surface area contributed by atoms with Crippen LogP contribution < -0.4 is 5.56 Å². The fourth-order valence-corrected chi connectivity index (χ4v) is 3.89. The van der Waals surface area contributed by atoms with Crippen LogP contribution in [0.15, 0.2) is 70.2 Å². The maximum absolute atomic E-state index is 13.2. The molecule has 0 atom stereocenters. The normalized spacial score (nSPS) is 11.4. The number of rotatable bonds is 3. The third-order valence-electron chi connectivity index (χ3n) is 4.54. The molecule has 0 aliphatic carbocycles. The second-order valence-electron chi connectivity index (χ2n) is 6.21. The van der Waals surface area contributed by atoms with Crippen LogP contribution in [0.4, 0.5) is 4.39 Å². The first-order chi connectivity index (χ1) is 13.2. The average Bonchev–Trinajstić information content (AvgIpc) is 3.36. The summed E-state index contributed by atoms with van der Waals surface area (Å²) in [7, 11) is 0. The van der Waals surface area contributed by atoms with Gasteiger partial charge in [-0.2, -0.15) is 11.3 Å². The number of fused-ring (bicyclic) bond motifs is 3. The van der Waals surface area contributed by atoms with E-state index in [0.29, 0.717) is 17.0 Å². The number of aromatic nitrogens is 4. The first kappa shape index (κ1) is 15.9. The second-order valence-corrected chi connectivity index (χ2v) is 6.99. The number of para-hydroxylation sites is 1. The number of hydrogen-bond acceptors (Lipinski definition) is 4. The fraction of sp³-hybridized carbons (Fsp3) is 0.0500. The molecule has 5 rings (SSSR count). The zero-order chi connectivity index (χ0) is 18.4. The summed E-state index contributed by atoms with van der Waals surface area (Å²) >= 11 is 1.58. The van der Waals surface area contributed by atoms with E-state index >= 15 is 0 Å². The molecule has 3 aromatic heterocycles. The van der Waals surface area contributed by atoms with E-state index in [2.05, 4.69) is 10.2 Å². The molecule has 27 heavy (non-hydrogen) atoms. The van der Waals surface area contributed by atoms with Crippen LogP contribution in [0.5, 0.6) is 0 Å². The first-order valence-electron chi connectivity index (χ1n) is 8.36. The monoisotopic (exact) mass is 376 g/mol. The van der Waals surface area contributed by atoms with Crippen molar-refractivity contribution in [3.8, 4) is 11.4 Å². The molecule has 0 amide bonds. The summed E-state index contributed by atoms with van der Waals surface area (Å²) in [4.78, 5) is 13.1. The van der Waals surface area contributed by atoms with Gasteiger partial charge in [0.1, 0.15) is 5.82 Å². The molecule has 0 fully saturated rings. The molecule has 132 valence electrons. The van der Waals surface area contributed by atoms with Crippen molar-refractivity contribution in [2.75, 3.05) is 0 Å². The predicted molar refractivity (Wildman–Crippen MR) is 104 cm³/mol. The van der Waals surface area contributed by atoms with Crippen LogP contribution in [-0.4, -0.2) is 19.2 Å². The van der Waals surface area contributed by atoms with E-state index in [-0.39, 0.29) is 17.9 Å². The van der Waals surface area contributed by atoms with Crippen LogP contribution in [0, 0.1) is 5.82 Å². The third-order valence-corrected chi connectivity index (χ3v) is 5.22. The van der Waals surface area contributed by atoms with Crippen molar-refractivity contribution in [2.45, 2.75) is 6.54 Å². The lowest BCUT2D eigenvalue weighted by molar-refractivity contribution is 0.626. The van der Waals surface area contributed by atoms with Crippen LogP contribution in [-0.2, 0) is 6.54 Å². The molecular formula is C20H13FN4OS. The Morgan fingerprint density at radius 1 is 1.00 bits per heavy atom. The van der Waals surface area contributed by atoms with E-state index in [1.54, 1.807) is 34.1 Å². The summed E-state index contributed by atoms with van der Waals surface area (Å²) in [5, 5.41) is 13.2. The molecule has 3 heterocycles. The smallest absolute Gasteiger partial charge is 0.263 e. The van der Waals surface area contributed by atoms with Gasteiger partial charge in [0.25, 0.3) is 5.56 Å². The predicted octanol–water partition coefficient (Wildman–Crippen LogP) is 3.96. The lowest BCUT2D eigenvalue weighted by Gasteiger charge is -2.11. The van der Waals surface area contributed by atoms with Crippen molar-refractivity contribution < 1.29 is 4.39 Å². The zero-order valence-electron chi connectivity index (χ0n) is 14.0. The van der Waals surface area contributed by atoms with E-state index in [4.69, 9.17) is 0 Å². The molecule has 0 bridgehead atoms. The van der Waals surface area contributed by atoms with Crippen molar-refractivity contribution in [1.29, 1.82) is 0 Å². The average molecular weight is 376 g/mol. The molecule has 0 N–H and O–H groups in total. The summed E-state index contributed by atoms with van der Waals surface area (Å²) in [6.45, 7) is 0.287. The van der Waals surface area contributed by atoms with Gasteiger partial charge in [0.15, 0.2) is 5.82 Å². The van der Waals surface area contributed by atoms with Gasteiger partial charge < -0.3 is 0 Å². The Hall–Kier alpha value is -3.32. The van der Waals surface area contributed by atoms with Crippen molar-refractivity contribution >= 4 is 28.0 Å². The zero-order valence-corrected chi connectivity index (χ0v) is 14.9. The molecule has 0 aliphatic heterocycles. The Bertz CT molecular complexity index is 1320. The molecule has 0 saturated heterocycles. The molecule has 0 radical (unpaired) electrons. The lowest BCUT2D eigenvalue weighted by atomic mass is 10.2. The Kier molecular flexibility index (Phi) is 3.61.